The van der Waals surface area contributed by atoms with E-state index in [4.69, 9.17) is 0 Å². The molecule has 2 aromatic carbocycles. The fourth-order valence-electron chi connectivity index (χ4n) is 3.91. The molecule has 0 aliphatic rings. The predicted molar refractivity (Wildman–Crippen MR) is 104 cm³/mol. The van der Waals surface area contributed by atoms with Crippen LogP contribution in [0.2, 0.25) is 0 Å². The molecule has 1 nitrogen and oxygen atoms in total. The van der Waals surface area contributed by atoms with Crippen molar-refractivity contribution in [1.29, 1.82) is 0 Å². The first-order valence-electron chi connectivity index (χ1n) is 8.93. The molecule has 0 amide bonds. The van der Waals surface area contributed by atoms with Crippen molar-refractivity contribution in [3.8, 4) is 5.75 Å². The summed E-state index contributed by atoms with van der Waals surface area (Å²) >= 11 is 0. The van der Waals surface area contributed by atoms with Crippen LogP contribution in [-0.2, 0) is 10.8 Å². The standard InChI is InChI=1S/C23H31FO/c1-21(2,3)15-22(4,5)17-10-13-20(25)19(14-17)23(6,7)16-8-11-18(24)12-9-16/h8-14,25H,15H2,1-7H3. The summed E-state index contributed by atoms with van der Waals surface area (Å²) in [4.78, 5) is 0. The maximum atomic E-state index is 13.3. The highest BCUT2D eigenvalue weighted by Crippen LogP contribution is 2.42. The molecule has 25 heavy (non-hydrogen) atoms. The Labute approximate surface area is 151 Å². The van der Waals surface area contributed by atoms with Crippen molar-refractivity contribution < 1.29 is 9.50 Å². The monoisotopic (exact) mass is 342 g/mol. The fourth-order valence-corrected chi connectivity index (χ4v) is 3.91. The molecule has 0 atom stereocenters. The molecular weight excluding hydrogens is 311 g/mol. The van der Waals surface area contributed by atoms with Crippen molar-refractivity contribution in [2.75, 3.05) is 0 Å². The van der Waals surface area contributed by atoms with E-state index in [-0.39, 0.29) is 22.4 Å². The van der Waals surface area contributed by atoms with Crippen molar-refractivity contribution >= 4 is 0 Å². The highest BCUT2D eigenvalue weighted by atomic mass is 19.1. The van der Waals surface area contributed by atoms with E-state index in [0.717, 1.165) is 17.5 Å². The lowest BCUT2D eigenvalue weighted by atomic mass is 9.70. The molecule has 0 radical (unpaired) electrons. The molecule has 0 fully saturated rings. The largest absolute Gasteiger partial charge is 0.508 e. The zero-order chi connectivity index (χ0) is 19.0. The number of aromatic hydroxyl groups is 1. The van der Waals surface area contributed by atoms with Gasteiger partial charge < -0.3 is 5.11 Å². The lowest BCUT2D eigenvalue weighted by Crippen LogP contribution is -2.26. The van der Waals surface area contributed by atoms with Crippen molar-refractivity contribution in [1.82, 2.24) is 0 Å². The van der Waals surface area contributed by atoms with Gasteiger partial charge in [-0.15, -0.1) is 0 Å². The zero-order valence-electron chi connectivity index (χ0n) is 16.6. The minimum absolute atomic E-state index is 0.000421. The molecule has 0 saturated heterocycles. The number of halogens is 1. The normalized spacial score (nSPS) is 13.1. The quantitative estimate of drug-likeness (QED) is 0.666. The third kappa shape index (κ3) is 4.42. The number of phenolic OH excluding ortho intramolecular Hbond substituents is 1. The molecule has 2 heteroatoms. The van der Waals surface area contributed by atoms with Crippen LogP contribution in [-0.4, -0.2) is 5.11 Å². The second-order valence-corrected chi connectivity index (χ2v) is 9.49. The Kier molecular flexibility index (Phi) is 5.05. The predicted octanol–water partition coefficient (Wildman–Crippen LogP) is 6.57. The summed E-state index contributed by atoms with van der Waals surface area (Å²) in [5.74, 6) is 0.0356. The minimum atomic E-state index is -0.411. The van der Waals surface area contributed by atoms with Gasteiger partial charge in [-0.3, -0.25) is 0 Å². The summed E-state index contributed by atoms with van der Waals surface area (Å²) in [6.45, 7) is 15.4. The van der Waals surface area contributed by atoms with Crippen LogP contribution in [0.4, 0.5) is 4.39 Å². The summed E-state index contributed by atoms with van der Waals surface area (Å²) in [6.07, 6.45) is 1.04. The van der Waals surface area contributed by atoms with E-state index in [1.807, 2.05) is 6.07 Å². The lowest BCUT2D eigenvalue weighted by molar-refractivity contribution is 0.283. The summed E-state index contributed by atoms with van der Waals surface area (Å²) in [7, 11) is 0. The third-order valence-electron chi connectivity index (χ3n) is 4.99. The maximum Gasteiger partial charge on any atom is 0.123 e. The first-order valence-corrected chi connectivity index (χ1v) is 8.93. The molecule has 136 valence electrons. The molecule has 0 saturated carbocycles. The number of rotatable bonds is 4. The molecule has 0 aliphatic heterocycles. The molecule has 0 bridgehead atoms. The van der Waals surface area contributed by atoms with Gasteiger partial charge >= 0.3 is 0 Å². The van der Waals surface area contributed by atoms with Crippen LogP contribution in [0.5, 0.6) is 5.75 Å². The SMILES string of the molecule is CC(C)(C)CC(C)(C)c1ccc(O)c(C(C)(C)c2ccc(F)cc2)c1. The van der Waals surface area contributed by atoms with Gasteiger partial charge in [-0.1, -0.05) is 72.7 Å². The molecule has 1 N–H and O–H groups in total. The van der Waals surface area contributed by atoms with Gasteiger partial charge in [0, 0.05) is 11.0 Å². The van der Waals surface area contributed by atoms with E-state index in [0.29, 0.717) is 0 Å². The van der Waals surface area contributed by atoms with Gasteiger partial charge in [0.15, 0.2) is 0 Å². The number of hydrogen-bond donors (Lipinski definition) is 1. The van der Waals surface area contributed by atoms with Crippen LogP contribution in [0.15, 0.2) is 42.5 Å². The van der Waals surface area contributed by atoms with Gasteiger partial charge in [-0.25, -0.2) is 4.39 Å². The Morgan fingerprint density at radius 2 is 1.32 bits per heavy atom. The molecular formula is C23H31FO. The van der Waals surface area contributed by atoms with Crippen LogP contribution >= 0.6 is 0 Å². The van der Waals surface area contributed by atoms with Crippen LogP contribution in [0.3, 0.4) is 0 Å². The first-order chi connectivity index (χ1) is 11.3. The average Bonchev–Trinajstić information content (AvgIpc) is 2.45. The van der Waals surface area contributed by atoms with E-state index in [9.17, 15) is 9.50 Å². The lowest BCUT2D eigenvalue weighted by Gasteiger charge is -2.35. The highest BCUT2D eigenvalue weighted by Gasteiger charge is 2.31. The third-order valence-corrected chi connectivity index (χ3v) is 4.99. The number of benzene rings is 2. The Morgan fingerprint density at radius 1 is 0.800 bits per heavy atom. The number of hydrogen-bond acceptors (Lipinski definition) is 1. The van der Waals surface area contributed by atoms with E-state index < -0.39 is 5.41 Å². The van der Waals surface area contributed by atoms with Gasteiger partial charge in [-0.2, -0.15) is 0 Å². The fraction of sp³-hybridized carbons (Fsp3) is 0.478. The summed E-state index contributed by atoms with van der Waals surface area (Å²) < 4.78 is 13.3. The van der Waals surface area contributed by atoms with E-state index in [2.05, 4.69) is 54.5 Å². The second kappa shape index (κ2) is 6.48. The van der Waals surface area contributed by atoms with Crippen LogP contribution < -0.4 is 0 Å². The summed E-state index contributed by atoms with van der Waals surface area (Å²) in [5, 5.41) is 10.5. The van der Waals surface area contributed by atoms with Gasteiger partial charge in [-0.05, 0) is 46.6 Å². The molecule has 0 unspecified atom stereocenters. The van der Waals surface area contributed by atoms with Gasteiger partial charge in [0.05, 0.1) is 0 Å². The van der Waals surface area contributed by atoms with E-state index >= 15 is 0 Å². The average molecular weight is 342 g/mol. The Morgan fingerprint density at radius 3 is 1.84 bits per heavy atom. The minimum Gasteiger partial charge on any atom is -0.508 e. The zero-order valence-corrected chi connectivity index (χ0v) is 16.6. The van der Waals surface area contributed by atoms with Crippen molar-refractivity contribution in [3.05, 3.63) is 65.0 Å². The topological polar surface area (TPSA) is 20.2 Å². The summed E-state index contributed by atoms with van der Waals surface area (Å²) in [5.41, 5.74) is 2.87. The van der Waals surface area contributed by atoms with Crippen LogP contribution in [0, 0.1) is 11.2 Å². The van der Waals surface area contributed by atoms with Gasteiger partial charge in [0.1, 0.15) is 11.6 Å². The van der Waals surface area contributed by atoms with Crippen molar-refractivity contribution in [2.45, 2.75) is 65.7 Å². The van der Waals surface area contributed by atoms with Crippen LogP contribution in [0.1, 0.15) is 71.6 Å². The van der Waals surface area contributed by atoms with E-state index in [1.54, 1.807) is 18.2 Å². The molecule has 2 aromatic rings. The molecule has 0 spiro atoms. The smallest absolute Gasteiger partial charge is 0.123 e. The second-order valence-electron chi connectivity index (χ2n) is 9.49. The van der Waals surface area contributed by atoms with Crippen molar-refractivity contribution in [2.24, 2.45) is 5.41 Å². The number of phenols is 1. The van der Waals surface area contributed by atoms with Crippen molar-refractivity contribution in [3.63, 3.8) is 0 Å². The Balaban J connectivity index is 2.50. The van der Waals surface area contributed by atoms with Gasteiger partial charge in [0.2, 0.25) is 0 Å². The van der Waals surface area contributed by atoms with Gasteiger partial charge in [0.25, 0.3) is 0 Å². The highest BCUT2D eigenvalue weighted by molar-refractivity contribution is 5.48. The molecule has 0 aliphatic carbocycles. The molecule has 2 rings (SSSR count). The molecule has 0 heterocycles. The maximum absolute atomic E-state index is 13.3. The molecule has 0 aromatic heterocycles. The Bertz CT molecular complexity index is 734. The van der Waals surface area contributed by atoms with Crippen LogP contribution in [0.25, 0.3) is 0 Å². The first kappa shape index (κ1) is 19.5. The van der Waals surface area contributed by atoms with E-state index in [1.165, 1.54) is 17.7 Å². The summed E-state index contributed by atoms with van der Waals surface area (Å²) in [6, 6.07) is 12.5. The Hall–Kier alpha value is -1.83.